The maximum Gasteiger partial charge on any atom is 0.301 e. The molecule has 1 amide bonds. The first kappa shape index (κ1) is 16.3. The van der Waals surface area contributed by atoms with E-state index in [1.165, 1.54) is 0 Å². The summed E-state index contributed by atoms with van der Waals surface area (Å²) in [5, 5.41) is 6.66. The standard InChI is InChI=1S/C16H23N3O3/c1-7-11(13-9(2)19-22-10(13)3)14(20)18-15-17-12(8-21-15)16(4,5)6/h8,11H,7H2,1-6H3,(H,17,18,20). The second kappa shape index (κ2) is 5.94. The number of rotatable bonds is 4. The molecule has 22 heavy (non-hydrogen) atoms. The number of amides is 1. The van der Waals surface area contributed by atoms with Gasteiger partial charge in [0.05, 0.1) is 17.3 Å². The average Bonchev–Trinajstić information content (AvgIpc) is 3.00. The van der Waals surface area contributed by atoms with E-state index in [-0.39, 0.29) is 23.3 Å². The van der Waals surface area contributed by atoms with E-state index in [2.05, 4.69) is 15.5 Å². The highest BCUT2D eigenvalue weighted by Gasteiger charge is 2.27. The van der Waals surface area contributed by atoms with Gasteiger partial charge in [0.1, 0.15) is 12.0 Å². The van der Waals surface area contributed by atoms with Gasteiger partial charge in [0.15, 0.2) is 0 Å². The number of aromatic nitrogens is 2. The van der Waals surface area contributed by atoms with Gasteiger partial charge in [-0.25, -0.2) is 0 Å². The number of anilines is 1. The third-order valence-corrected chi connectivity index (χ3v) is 3.66. The van der Waals surface area contributed by atoms with Crippen LogP contribution in [0.1, 0.15) is 62.7 Å². The number of oxazole rings is 1. The van der Waals surface area contributed by atoms with Crippen LogP contribution in [0.5, 0.6) is 0 Å². The van der Waals surface area contributed by atoms with E-state index >= 15 is 0 Å². The molecule has 2 aromatic rings. The van der Waals surface area contributed by atoms with E-state index in [1.807, 2.05) is 41.5 Å². The van der Waals surface area contributed by atoms with Crippen molar-refractivity contribution in [3.8, 4) is 0 Å². The lowest BCUT2D eigenvalue weighted by molar-refractivity contribution is -0.117. The topological polar surface area (TPSA) is 81.2 Å². The van der Waals surface area contributed by atoms with Crippen molar-refractivity contribution < 1.29 is 13.7 Å². The number of nitrogens with one attached hydrogen (secondary N) is 1. The summed E-state index contributed by atoms with van der Waals surface area (Å²) in [5.41, 5.74) is 2.25. The van der Waals surface area contributed by atoms with Crippen molar-refractivity contribution in [2.24, 2.45) is 0 Å². The molecule has 2 heterocycles. The van der Waals surface area contributed by atoms with Crippen molar-refractivity contribution in [1.82, 2.24) is 10.1 Å². The van der Waals surface area contributed by atoms with E-state index in [1.54, 1.807) is 6.26 Å². The van der Waals surface area contributed by atoms with Crippen LogP contribution >= 0.6 is 0 Å². The molecule has 1 unspecified atom stereocenters. The molecular weight excluding hydrogens is 282 g/mol. The molecule has 1 N–H and O–H groups in total. The summed E-state index contributed by atoms with van der Waals surface area (Å²) in [7, 11) is 0. The summed E-state index contributed by atoms with van der Waals surface area (Å²) >= 11 is 0. The van der Waals surface area contributed by atoms with Gasteiger partial charge in [-0.2, -0.15) is 4.98 Å². The van der Waals surface area contributed by atoms with Gasteiger partial charge in [-0.3, -0.25) is 10.1 Å². The van der Waals surface area contributed by atoms with Gasteiger partial charge < -0.3 is 8.94 Å². The Bertz CT molecular complexity index is 645. The van der Waals surface area contributed by atoms with Crippen LogP contribution in [0.15, 0.2) is 15.2 Å². The Morgan fingerprint density at radius 3 is 2.50 bits per heavy atom. The number of carbonyl (C=O) groups is 1. The first-order chi connectivity index (χ1) is 10.2. The van der Waals surface area contributed by atoms with Gasteiger partial charge in [-0.1, -0.05) is 32.9 Å². The second-order valence-electron chi connectivity index (χ2n) is 6.48. The number of aryl methyl sites for hydroxylation is 2. The normalized spacial score (nSPS) is 13.2. The van der Waals surface area contributed by atoms with Crippen LogP contribution < -0.4 is 5.32 Å². The number of nitrogens with zero attached hydrogens (tertiary/aromatic N) is 2. The fourth-order valence-corrected chi connectivity index (χ4v) is 2.38. The van der Waals surface area contributed by atoms with Crippen molar-refractivity contribution in [2.45, 2.75) is 59.3 Å². The van der Waals surface area contributed by atoms with Gasteiger partial charge >= 0.3 is 6.01 Å². The van der Waals surface area contributed by atoms with Crippen LogP contribution in [-0.4, -0.2) is 16.0 Å². The lowest BCUT2D eigenvalue weighted by Gasteiger charge is -2.14. The fraction of sp³-hybridized carbons (Fsp3) is 0.562. The van der Waals surface area contributed by atoms with Gasteiger partial charge in [-0.15, -0.1) is 0 Å². The number of carbonyl (C=O) groups excluding carboxylic acids is 1. The van der Waals surface area contributed by atoms with E-state index in [0.717, 1.165) is 17.0 Å². The predicted molar refractivity (Wildman–Crippen MR) is 82.8 cm³/mol. The molecule has 0 aliphatic heterocycles. The molecule has 0 aliphatic carbocycles. The van der Waals surface area contributed by atoms with Crippen LogP contribution in [0.3, 0.4) is 0 Å². The van der Waals surface area contributed by atoms with E-state index in [0.29, 0.717) is 12.2 Å². The molecule has 120 valence electrons. The zero-order valence-corrected chi connectivity index (χ0v) is 14.0. The van der Waals surface area contributed by atoms with Gasteiger partial charge in [0, 0.05) is 11.0 Å². The summed E-state index contributed by atoms with van der Waals surface area (Å²) in [4.78, 5) is 16.9. The van der Waals surface area contributed by atoms with Crippen LogP contribution in [0.4, 0.5) is 6.01 Å². The van der Waals surface area contributed by atoms with Crippen molar-refractivity contribution in [3.05, 3.63) is 29.0 Å². The van der Waals surface area contributed by atoms with Crippen LogP contribution in [0.2, 0.25) is 0 Å². The summed E-state index contributed by atoms with van der Waals surface area (Å²) < 4.78 is 10.5. The van der Waals surface area contributed by atoms with Crippen LogP contribution in [-0.2, 0) is 10.2 Å². The van der Waals surface area contributed by atoms with Crippen molar-refractivity contribution >= 4 is 11.9 Å². The smallest absolute Gasteiger partial charge is 0.301 e. The highest BCUT2D eigenvalue weighted by Crippen LogP contribution is 2.28. The Morgan fingerprint density at radius 2 is 2.05 bits per heavy atom. The molecule has 0 aliphatic rings. The van der Waals surface area contributed by atoms with Crippen molar-refractivity contribution in [1.29, 1.82) is 0 Å². The fourth-order valence-electron chi connectivity index (χ4n) is 2.38. The molecule has 1 atom stereocenters. The maximum absolute atomic E-state index is 12.5. The van der Waals surface area contributed by atoms with Crippen LogP contribution in [0, 0.1) is 13.8 Å². The van der Waals surface area contributed by atoms with Crippen molar-refractivity contribution in [3.63, 3.8) is 0 Å². The first-order valence-corrected chi connectivity index (χ1v) is 7.43. The first-order valence-electron chi connectivity index (χ1n) is 7.43. The molecule has 0 bridgehead atoms. The van der Waals surface area contributed by atoms with Gasteiger partial charge in [-0.05, 0) is 20.3 Å². The molecule has 0 fully saturated rings. The van der Waals surface area contributed by atoms with Crippen LogP contribution in [0.25, 0.3) is 0 Å². The van der Waals surface area contributed by atoms with E-state index < -0.39 is 0 Å². The number of hydrogen-bond acceptors (Lipinski definition) is 5. The molecule has 0 spiro atoms. The van der Waals surface area contributed by atoms with Crippen molar-refractivity contribution in [2.75, 3.05) is 5.32 Å². The Balaban J connectivity index is 2.19. The summed E-state index contributed by atoms with van der Waals surface area (Å²) in [5.74, 6) is 0.165. The summed E-state index contributed by atoms with van der Waals surface area (Å²) in [6.45, 7) is 11.7. The monoisotopic (exact) mass is 305 g/mol. The van der Waals surface area contributed by atoms with Gasteiger partial charge in [0.2, 0.25) is 5.91 Å². The largest absolute Gasteiger partial charge is 0.432 e. The Hall–Kier alpha value is -2.11. The minimum absolute atomic E-state index is 0.127. The minimum atomic E-state index is -0.337. The molecule has 6 heteroatoms. The highest BCUT2D eigenvalue weighted by molar-refractivity contribution is 5.94. The SMILES string of the molecule is CCC(C(=O)Nc1nc(C(C)(C)C)co1)c1c(C)noc1C. The average molecular weight is 305 g/mol. The predicted octanol–water partition coefficient (Wildman–Crippen LogP) is 3.71. The lowest BCUT2D eigenvalue weighted by Crippen LogP contribution is -2.22. The Labute approximate surface area is 130 Å². The van der Waals surface area contributed by atoms with E-state index in [4.69, 9.17) is 8.94 Å². The lowest BCUT2D eigenvalue weighted by atomic mass is 9.93. The molecule has 0 saturated carbocycles. The second-order valence-corrected chi connectivity index (χ2v) is 6.48. The molecule has 0 aromatic carbocycles. The quantitative estimate of drug-likeness (QED) is 0.931. The molecular formula is C16H23N3O3. The zero-order chi connectivity index (χ0) is 16.5. The molecule has 0 radical (unpaired) electrons. The minimum Gasteiger partial charge on any atom is -0.432 e. The summed E-state index contributed by atoms with van der Waals surface area (Å²) in [6.07, 6.45) is 2.22. The Morgan fingerprint density at radius 1 is 1.36 bits per heavy atom. The molecule has 0 saturated heterocycles. The zero-order valence-electron chi connectivity index (χ0n) is 14.0. The van der Waals surface area contributed by atoms with E-state index in [9.17, 15) is 4.79 Å². The summed E-state index contributed by atoms with van der Waals surface area (Å²) in [6, 6.07) is 0.222. The van der Waals surface area contributed by atoms with Gasteiger partial charge in [0.25, 0.3) is 0 Å². The molecule has 2 aromatic heterocycles. The third kappa shape index (κ3) is 3.21. The molecule has 6 nitrogen and oxygen atoms in total. The third-order valence-electron chi connectivity index (χ3n) is 3.66. The maximum atomic E-state index is 12.5. The Kier molecular flexibility index (Phi) is 4.39. The number of hydrogen-bond donors (Lipinski definition) is 1. The highest BCUT2D eigenvalue weighted by atomic mass is 16.5. The molecule has 2 rings (SSSR count).